The Labute approximate surface area is 114 Å². The molecule has 0 aliphatic heterocycles. The molecule has 1 atom stereocenters. The molecule has 0 saturated carbocycles. The molecule has 0 N–H and O–H groups in total. The van der Waals surface area contributed by atoms with Gasteiger partial charge in [-0.15, -0.1) is 0 Å². The van der Waals surface area contributed by atoms with Gasteiger partial charge in [0, 0.05) is 6.26 Å². The van der Waals surface area contributed by atoms with E-state index in [1.54, 1.807) is 25.3 Å². The van der Waals surface area contributed by atoms with Crippen molar-refractivity contribution in [1.82, 2.24) is 0 Å². The molecule has 6 heteroatoms. The first-order valence-corrected chi connectivity index (χ1v) is 7.91. The summed E-state index contributed by atoms with van der Waals surface area (Å²) in [6.45, 7) is 5.82. The fourth-order valence-electron chi connectivity index (χ4n) is 1.71. The van der Waals surface area contributed by atoms with Gasteiger partial charge in [0.2, 0.25) is 0 Å². The Hall–Kier alpha value is -1.56. The average molecular weight is 285 g/mol. The Morgan fingerprint density at radius 1 is 1.37 bits per heavy atom. The van der Waals surface area contributed by atoms with Crippen LogP contribution in [0.4, 0.5) is 0 Å². The van der Waals surface area contributed by atoms with Gasteiger partial charge in [0.1, 0.15) is 9.84 Å². The van der Waals surface area contributed by atoms with Crippen molar-refractivity contribution in [3.05, 3.63) is 23.8 Å². The maximum Gasteiger partial charge on any atom is 0.161 e. The average Bonchev–Trinajstić information content (AvgIpc) is 2.35. The van der Waals surface area contributed by atoms with Crippen molar-refractivity contribution < 1.29 is 17.9 Å². The highest BCUT2D eigenvalue weighted by molar-refractivity contribution is 7.90. The Morgan fingerprint density at radius 2 is 2.05 bits per heavy atom. The fraction of sp³-hybridized carbons (Fsp3) is 0.462. The van der Waals surface area contributed by atoms with Gasteiger partial charge in [-0.2, -0.15) is 0 Å². The van der Waals surface area contributed by atoms with Crippen LogP contribution in [0.25, 0.3) is 0 Å². The number of rotatable bonds is 7. The van der Waals surface area contributed by atoms with E-state index in [0.29, 0.717) is 18.1 Å². The topological polar surface area (TPSA) is 65.0 Å². The lowest BCUT2D eigenvalue weighted by molar-refractivity contribution is 0.310. The van der Waals surface area contributed by atoms with Crippen molar-refractivity contribution in [3.8, 4) is 11.5 Å². The number of hydrogen-bond donors (Lipinski definition) is 0. The lowest BCUT2D eigenvalue weighted by atomic mass is 10.1. The lowest BCUT2D eigenvalue weighted by Gasteiger charge is -2.15. The Bertz CT molecular complexity index is 540. The first-order valence-electron chi connectivity index (χ1n) is 5.85. The van der Waals surface area contributed by atoms with Gasteiger partial charge < -0.3 is 9.47 Å². The zero-order valence-electron chi connectivity index (χ0n) is 11.4. The van der Waals surface area contributed by atoms with Crippen molar-refractivity contribution in [1.29, 1.82) is 0 Å². The Balaban J connectivity index is 3.11. The molecule has 1 rings (SSSR count). The molecule has 0 amide bonds. The number of aliphatic imine (C=N–C) groups is 1. The van der Waals surface area contributed by atoms with Gasteiger partial charge in [0.15, 0.2) is 11.5 Å². The molecule has 0 unspecified atom stereocenters. The van der Waals surface area contributed by atoms with Crippen molar-refractivity contribution in [2.75, 3.05) is 25.7 Å². The highest BCUT2D eigenvalue weighted by Gasteiger charge is 2.17. The quantitative estimate of drug-likeness (QED) is 0.717. The lowest BCUT2D eigenvalue weighted by Crippen LogP contribution is -2.11. The number of sulfone groups is 1. The monoisotopic (exact) mass is 285 g/mol. The zero-order valence-corrected chi connectivity index (χ0v) is 12.2. The molecule has 0 bridgehead atoms. The van der Waals surface area contributed by atoms with E-state index >= 15 is 0 Å². The highest BCUT2D eigenvalue weighted by Crippen LogP contribution is 2.31. The van der Waals surface area contributed by atoms with Gasteiger partial charge in [-0.3, -0.25) is 4.99 Å². The number of methoxy groups -OCH3 is 1. The molecular formula is C13H19NO4S. The first kappa shape index (κ1) is 15.5. The summed E-state index contributed by atoms with van der Waals surface area (Å²) in [6, 6.07) is 4.75. The maximum absolute atomic E-state index is 11.4. The van der Waals surface area contributed by atoms with E-state index in [1.165, 1.54) is 6.26 Å². The predicted molar refractivity (Wildman–Crippen MR) is 76.2 cm³/mol. The van der Waals surface area contributed by atoms with Crippen LogP contribution in [-0.4, -0.2) is 40.9 Å². The van der Waals surface area contributed by atoms with Gasteiger partial charge in [-0.25, -0.2) is 8.42 Å². The summed E-state index contributed by atoms with van der Waals surface area (Å²) in [6.07, 6.45) is 1.18. The molecule has 0 fully saturated rings. The second kappa shape index (κ2) is 6.56. The third-order valence-electron chi connectivity index (χ3n) is 2.55. The molecule has 0 aliphatic carbocycles. The Morgan fingerprint density at radius 3 is 2.53 bits per heavy atom. The summed E-state index contributed by atoms with van der Waals surface area (Å²) in [4.78, 5) is 3.87. The van der Waals surface area contributed by atoms with Gasteiger partial charge in [0.05, 0.1) is 25.5 Å². The van der Waals surface area contributed by atoms with E-state index in [2.05, 4.69) is 11.7 Å². The number of hydrogen-bond acceptors (Lipinski definition) is 5. The number of ether oxygens (including phenoxy) is 2. The van der Waals surface area contributed by atoms with Crippen LogP contribution in [0.1, 0.15) is 18.5 Å². The maximum atomic E-state index is 11.4. The van der Waals surface area contributed by atoms with E-state index in [1.807, 2.05) is 6.92 Å². The summed E-state index contributed by atoms with van der Waals surface area (Å²) in [5, 5.41) is 0. The van der Waals surface area contributed by atoms with E-state index in [4.69, 9.17) is 9.47 Å². The minimum Gasteiger partial charge on any atom is -0.493 e. The van der Waals surface area contributed by atoms with E-state index < -0.39 is 15.9 Å². The number of benzene rings is 1. The van der Waals surface area contributed by atoms with E-state index in [-0.39, 0.29) is 5.75 Å². The summed E-state index contributed by atoms with van der Waals surface area (Å²) in [7, 11) is -1.58. The second-order valence-electron chi connectivity index (χ2n) is 4.13. The van der Waals surface area contributed by atoms with Gasteiger partial charge >= 0.3 is 0 Å². The third kappa shape index (κ3) is 4.55. The molecule has 0 aromatic heterocycles. The van der Waals surface area contributed by atoms with Crippen LogP contribution in [0, 0.1) is 0 Å². The molecule has 0 heterocycles. The van der Waals surface area contributed by atoms with E-state index in [0.717, 1.165) is 5.56 Å². The third-order valence-corrected chi connectivity index (χ3v) is 3.47. The van der Waals surface area contributed by atoms with Gasteiger partial charge in [-0.05, 0) is 31.3 Å². The minimum atomic E-state index is -3.13. The molecule has 0 saturated heterocycles. The fourth-order valence-corrected chi connectivity index (χ4v) is 2.58. The summed E-state index contributed by atoms with van der Waals surface area (Å²) in [5.74, 6) is 1.10. The smallest absolute Gasteiger partial charge is 0.161 e. The molecule has 106 valence electrons. The molecule has 0 aliphatic rings. The van der Waals surface area contributed by atoms with E-state index in [9.17, 15) is 8.42 Å². The highest BCUT2D eigenvalue weighted by atomic mass is 32.2. The van der Waals surface area contributed by atoms with Crippen molar-refractivity contribution in [2.45, 2.75) is 13.0 Å². The SMILES string of the molecule is C=N[C@H](CS(C)(=O)=O)c1ccc(OC)c(OCC)c1. The van der Waals surface area contributed by atoms with Crippen LogP contribution in [0.5, 0.6) is 11.5 Å². The normalized spacial score (nSPS) is 12.8. The molecule has 0 radical (unpaired) electrons. The van der Waals surface area contributed by atoms with Crippen LogP contribution >= 0.6 is 0 Å². The molecule has 5 nitrogen and oxygen atoms in total. The summed E-state index contributed by atoms with van der Waals surface area (Å²) >= 11 is 0. The van der Waals surface area contributed by atoms with Crippen molar-refractivity contribution in [2.24, 2.45) is 4.99 Å². The molecule has 0 spiro atoms. The van der Waals surface area contributed by atoms with Gasteiger partial charge in [-0.1, -0.05) is 6.07 Å². The summed E-state index contributed by atoms with van der Waals surface area (Å²) in [5.41, 5.74) is 0.740. The molecular weight excluding hydrogens is 266 g/mol. The number of nitrogens with zero attached hydrogens (tertiary/aromatic N) is 1. The van der Waals surface area contributed by atoms with Crippen LogP contribution in [0.3, 0.4) is 0 Å². The van der Waals surface area contributed by atoms with Gasteiger partial charge in [0.25, 0.3) is 0 Å². The summed E-state index contributed by atoms with van der Waals surface area (Å²) < 4.78 is 33.4. The van der Waals surface area contributed by atoms with Crippen molar-refractivity contribution >= 4 is 16.6 Å². The van der Waals surface area contributed by atoms with Crippen molar-refractivity contribution in [3.63, 3.8) is 0 Å². The molecule has 19 heavy (non-hydrogen) atoms. The standard InChI is InChI=1S/C13H19NO4S/c1-5-18-13-8-10(6-7-12(13)17-3)11(14-2)9-19(4,15)16/h6-8,11H,2,5,9H2,1,3-4H3/t11-/m1/s1. The predicted octanol–water partition coefficient (Wildman–Crippen LogP) is 1.88. The largest absolute Gasteiger partial charge is 0.493 e. The molecule has 1 aromatic carbocycles. The zero-order chi connectivity index (χ0) is 14.5. The molecule has 1 aromatic rings. The minimum absolute atomic E-state index is 0.0750. The second-order valence-corrected chi connectivity index (χ2v) is 6.32. The van der Waals surface area contributed by atoms with Crippen LogP contribution < -0.4 is 9.47 Å². The Kier molecular flexibility index (Phi) is 5.35. The first-order chi connectivity index (χ1) is 8.91. The van der Waals surface area contributed by atoms with Crippen LogP contribution in [0.2, 0.25) is 0 Å². The van der Waals surface area contributed by atoms with Crippen LogP contribution in [-0.2, 0) is 9.84 Å². The van der Waals surface area contributed by atoms with Crippen LogP contribution in [0.15, 0.2) is 23.2 Å².